The maximum Gasteiger partial charge on any atom is 0.224 e. The summed E-state index contributed by atoms with van der Waals surface area (Å²) in [6, 6.07) is 34.4. The van der Waals surface area contributed by atoms with E-state index in [0.29, 0.717) is 45.2 Å². The van der Waals surface area contributed by atoms with Crippen LogP contribution in [0.3, 0.4) is 0 Å². The van der Waals surface area contributed by atoms with E-state index in [0.717, 1.165) is 46.2 Å². The Kier molecular flexibility index (Phi) is 16.4. The topological polar surface area (TPSA) is 218 Å². The van der Waals surface area contributed by atoms with Crippen molar-refractivity contribution in [2.75, 3.05) is 13.1 Å². The highest BCUT2D eigenvalue weighted by Crippen LogP contribution is 2.22. The summed E-state index contributed by atoms with van der Waals surface area (Å²) >= 11 is 0. The number of unbranched alkanes of at least 4 members (excludes halogenated alkanes) is 2. The van der Waals surface area contributed by atoms with Crippen LogP contribution in [0.2, 0.25) is 0 Å². The smallest absolute Gasteiger partial charge is 0.224 e. The second kappa shape index (κ2) is 21.7. The van der Waals surface area contributed by atoms with Crippen molar-refractivity contribution in [3.63, 3.8) is 0 Å². The lowest BCUT2D eigenvalue weighted by Gasteiger charge is -2.23. The monoisotopic (exact) mass is 730 g/mol. The van der Waals surface area contributed by atoms with Gasteiger partial charge in [0.15, 0.2) is 23.5 Å². The van der Waals surface area contributed by atoms with Gasteiger partial charge >= 0.3 is 0 Å². The normalized spacial score (nSPS) is 12.5. The first-order valence-electron chi connectivity index (χ1n) is 18.6. The molecule has 11 N–H and O–H groups in total. The Labute approximate surface area is 318 Å². The van der Waals surface area contributed by atoms with Crippen LogP contribution in [0.5, 0.6) is 0 Å². The molecule has 1 amide bonds. The molecule has 0 saturated heterocycles. The summed E-state index contributed by atoms with van der Waals surface area (Å²) in [5, 5.41) is 3.02. The highest BCUT2D eigenvalue weighted by atomic mass is 16.2. The van der Waals surface area contributed by atoms with E-state index in [1.807, 2.05) is 109 Å². The van der Waals surface area contributed by atoms with E-state index < -0.39 is 18.0 Å². The van der Waals surface area contributed by atoms with E-state index in [-0.39, 0.29) is 42.2 Å². The van der Waals surface area contributed by atoms with Crippen molar-refractivity contribution in [3.05, 3.63) is 120 Å². The molecule has 4 rings (SSSR count). The number of nitrogens with one attached hydrogen (secondary N) is 1. The van der Waals surface area contributed by atoms with Crippen LogP contribution in [0.25, 0.3) is 22.3 Å². The molecule has 0 bridgehead atoms. The van der Waals surface area contributed by atoms with Crippen molar-refractivity contribution in [1.82, 2.24) is 5.32 Å². The Hall–Kier alpha value is -5.81. The van der Waals surface area contributed by atoms with Crippen LogP contribution in [0, 0.1) is 5.92 Å². The number of aliphatic imine (C=N–C) groups is 2. The minimum Gasteiger partial charge on any atom is -0.370 e. The van der Waals surface area contributed by atoms with Gasteiger partial charge in [0, 0.05) is 31.8 Å². The zero-order chi connectivity index (χ0) is 38.7. The maximum atomic E-state index is 14.0. The van der Waals surface area contributed by atoms with Crippen LogP contribution in [0.4, 0.5) is 0 Å². The first kappa shape index (κ1) is 41.0. The fourth-order valence-corrected chi connectivity index (χ4v) is 6.30. The quantitative estimate of drug-likeness (QED) is 0.0379. The Morgan fingerprint density at radius 3 is 1.56 bits per heavy atom. The number of Topliss-reactive ketones (excluding diaryl/α,β-unsaturated/α-hetero) is 2. The molecular weight excluding hydrogens is 677 g/mol. The highest BCUT2D eigenvalue weighted by Gasteiger charge is 2.29. The van der Waals surface area contributed by atoms with Gasteiger partial charge in [0.25, 0.3) is 0 Å². The maximum absolute atomic E-state index is 14.0. The summed E-state index contributed by atoms with van der Waals surface area (Å²) in [4.78, 5) is 49.3. The van der Waals surface area contributed by atoms with Crippen LogP contribution in [0.1, 0.15) is 56.1 Å². The van der Waals surface area contributed by atoms with E-state index in [1.165, 1.54) is 0 Å². The molecule has 0 saturated carbocycles. The van der Waals surface area contributed by atoms with Gasteiger partial charge < -0.3 is 34.0 Å². The SMILES string of the molecule is NC(N)=NCCCCCC(=O)[C@H](Cc1ccc(-c2ccccc2)cc1)NC(=O)[C@@H](CCCN=C(N)N)CC(=O)[C@@H](N)Cc1ccc(-c2ccccc2)cc1. The van der Waals surface area contributed by atoms with Gasteiger partial charge in [-0.1, -0.05) is 116 Å². The summed E-state index contributed by atoms with van der Waals surface area (Å²) < 4.78 is 0. The molecule has 0 aliphatic heterocycles. The van der Waals surface area contributed by atoms with Gasteiger partial charge in [-0.15, -0.1) is 0 Å². The van der Waals surface area contributed by atoms with Gasteiger partial charge in [-0.2, -0.15) is 0 Å². The summed E-state index contributed by atoms with van der Waals surface area (Å²) in [5.74, 6) is -1.43. The molecule has 0 spiro atoms. The van der Waals surface area contributed by atoms with Crippen LogP contribution >= 0.6 is 0 Å². The third-order valence-electron chi connectivity index (χ3n) is 9.34. The van der Waals surface area contributed by atoms with Gasteiger partial charge in [0.1, 0.15) is 0 Å². The zero-order valence-corrected chi connectivity index (χ0v) is 30.9. The van der Waals surface area contributed by atoms with Gasteiger partial charge in [-0.3, -0.25) is 24.4 Å². The highest BCUT2D eigenvalue weighted by molar-refractivity contribution is 5.93. The Morgan fingerprint density at radius 2 is 1.04 bits per heavy atom. The molecule has 0 aliphatic rings. The molecule has 54 heavy (non-hydrogen) atoms. The minimum absolute atomic E-state index is 0.0388. The van der Waals surface area contributed by atoms with Gasteiger partial charge in [0.2, 0.25) is 5.91 Å². The summed E-state index contributed by atoms with van der Waals surface area (Å²) in [7, 11) is 0. The minimum atomic E-state index is -0.805. The molecule has 0 heterocycles. The number of hydrogen-bond acceptors (Lipinski definition) is 6. The number of nitrogens with two attached hydrogens (primary N) is 5. The lowest BCUT2D eigenvalue weighted by Crippen LogP contribution is -2.46. The first-order valence-corrected chi connectivity index (χ1v) is 18.6. The molecule has 4 aromatic rings. The third-order valence-corrected chi connectivity index (χ3v) is 9.34. The van der Waals surface area contributed by atoms with Crippen molar-refractivity contribution >= 4 is 29.4 Å². The predicted octanol–water partition coefficient (Wildman–Crippen LogP) is 4.65. The van der Waals surface area contributed by atoms with E-state index >= 15 is 0 Å². The van der Waals surface area contributed by atoms with E-state index in [9.17, 15) is 14.4 Å². The average molecular weight is 731 g/mol. The van der Waals surface area contributed by atoms with Crippen LogP contribution < -0.4 is 34.0 Å². The van der Waals surface area contributed by atoms with Crippen LogP contribution in [-0.4, -0.2) is 54.6 Å². The van der Waals surface area contributed by atoms with Gasteiger partial charge in [-0.25, -0.2) is 0 Å². The summed E-state index contributed by atoms with van der Waals surface area (Å²) in [6.07, 6.45) is 3.76. The van der Waals surface area contributed by atoms with Crippen LogP contribution in [0.15, 0.2) is 119 Å². The van der Waals surface area contributed by atoms with Gasteiger partial charge in [-0.05, 0) is 71.9 Å². The molecule has 3 atom stereocenters. The van der Waals surface area contributed by atoms with Crippen molar-refractivity contribution in [2.24, 2.45) is 44.6 Å². The number of carbonyl (C=O) groups is 3. The Balaban J connectivity index is 1.46. The number of amides is 1. The number of ketones is 2. The van der Waals surface area contributed by atoms with Crippen molar-refractivity contribution in [3.8, 4) is 22.3 Å². The molecule has 0 aliphatic carbocycles. The molecule has 284 valence electrons. The first-order chi connectivity index (χ1) is 26.1. The predicted molar refractivity (Wildman–Crippen MR) is 218 cm³/mol. The van der Waals surface area contributed by atoms with Crippen molar-refractivity contribution < 1.29 is 14.4 Å². The lowest BCUT2D eigenvalue weighted by molar-refractivity contribution is -0.133. The Bertz CT molecular complexity index is 1820. The molecule has 0 unspecified atom stereocenters. The van der Waals surface area contributed by atoms with E-state index in [1.54, 1.807) is 0 Å². The summed E-state index contributed by atoms with van der Waals surface area (Å²) in [6.45, 7) is 0.789. The van der Waals surface area contributed by atoms with E-state index in [4.69, 9.17) is 28.7 Å². The second-order valence-corrected chi connectivity index (χ2v) is 13.6. The third kappa shape index (κ3) is 14.0. The van der Waals surface area contributed by atoms with Crippen LogP contribution in [-0.2, 0) is 27.2 Å². The number of rotatable bonds is 22. The molecule has 0 radical (unpaired) electrons. The van der Waals surface area contributed by atoms with Crippen molar-refractivity contribution in [2.45, 2.75) is 69.9 Å². The van der Waals surface area contributed by atoms with E-state index in [2.05, 4.69) is 15.3 Å². The Morgan fingerprint density at radius 1 is 0.556 bits per heavy atom. The lowest BCUT2D eigenvalue weighted by atomic mass is 9.90. The number of nitrogens with zero attached hydrogens (tertiary/aromatic N) is 2. The molecule has 11 nitrogen and oxygen atoms in total. The number of benzene rings is 4. The largest absolute Gasteiger partial charge is 0.370 e. The molecule has 0 aromatic heterocycles. The number of hydrogen-bond donors (Lipinski definition) is 6. The number of carbonyl (C=O) groups excluding carboxylic acids is 3. The van der Waals surface area contributed by atoms with Gasteiger partial charge in [0.05, 0.1) is 12.1 Å². The second-order valence-electron chi connectivity index (χ2n) is 13.6. The fraction of sp³-hybridized carbons (Fsp3) is 0.326. The fourth-order valence-electron chi connectivity index (χ4n) is 6.30. The average Bonchev–Trinajstić information content (AvgIpc) is 3.18. The molecule has 11 heteroatoms. The van der Waals surface area contributed by atoms with Crippen molar-refractivity contribution in [1.29, 1.82) is 0 Å². The molecular formula is C43H54N8O3. The summed E-state index contributed by atoms with van der Waals surface area (Å²) in [5.41, 5.74) is 34.5. The molecule has 4 aromatic carbocycles. The zero-order valence-electron chi connectivity index (χ0n) is 30.9. The standard InChI is InChI=1S/C43H54N8O3/c44-37(27-30-17-21-34(22-18-30)32-11-4-1-5-12-32)40(53)29-36(15-10-26-50-43(47)48)41(54)51-38(39(52)16-8-3-9-25-49-42(45)46)28-31-19-23-35(24-20-31)33-13-6-2-7-14-33/h1-2,4-7,11-14,17-24,36-38H,3,8-10,15-16,25-29,44H2,(H,51,54)(H4,45,46,49)(H4,47,48,50)/t36-,37-,38-/m0/s1. The number of guanidine groups is 2. The molecule has 0 fully saturated rings.